The molecule has 0 spiro atoms. The van der Waals surface area contributed by atoms with Crippen LogP contribution in [0.15, 0.2) is 42.5 Å². The molecule has 0 saturated carbocycles. The van der Waals surface area contributed by atoms with Crippen LogP contribution in [0.3, 0.4) is 0 Å². The summed E-state index contributed by atoms with van der Waals surface area (Å²) >= 11 is 0. The predicted molar refractivity (Wildman–Crippen MR) is 81.4 cm³/mol. The lowest BCUT2D eigenvalue weighted by atomic mass is 10.0. The van der Waals surface area contributed by atoms with E-state index in [1.54, 1.807) is 18.2 Å². The van der Waals surface area contributed by atoms with E-state index in [9.17, 15) is 14.0 Å². The van der Waals surface area contributed by atoms with E-state index in [0.29, 0.717) is 16.9 Å². The molecule has 2 amide bonds. The molecule has 2 atom stereocenters. The number of ether oxygens (including phenoxy) is 1. The van der Waals surface area contributed by atoms with Crippen molar-refractivity contribution in [2.45, 2.75) is 19.1 Å². The quantitative estimate of drug-likeness (QED) is 0.907. The zero-order valence-electron chi connectivity index (χ0n) is 12.4. The van der Waals surface area contributed by atoms with Gasteiger partial charge in [-0.2, -0.15) is 0 Å². The Hall–Kier alpha value is -2.89. The van der Waals surface area contributed by atoms with Crippen molar-refractivity contribution in [2.75, 3.05) is 0 Å². The molecule has 0 aromatic heterocycles. The number of primary amides is 1. The largest absolute Gasteiger partial charge is 0.478 e. The number of carbonyl (C=O) groups excluding carboxylic acids is 2. The summed E-state index contributed by atoms with van der Waals surface area (Å²) in [6, 6.07) is 10.0. The summed E-state index contributed by atoms with van der Waals surface area (Å²) in [5.41, 5.74) is 7.10. The van der Waals surface area contributed by atoms with E-state index in [1.165, 1.54) is 18.2 Å². The van der Waals surface area contributed by atoms with Gasteiger partial charge in [-0.3, -0.25) is 9.59 Å². The Morgan fingerprint density at radius 1 is 1.22 bits per heavy atom. The van der Waals surface area contributed by atoms with Gasteiger partial charge < -0.3 is 15.8 Å². The van der Waals surface area contributed by atoms with Gasteiger partial charge >= 0.3 is 0 Å². The van der Waals surface area contributed by atoms with Crippen LogP contribution in [0.5, 0.6) is 5.75 Å². The number of amides is 2. The number of hydrogen-bond donors (Lipinski definition) is 2. The molecule has 0 saturated heterocycles. The zero-order chi connectivity index (χ0) is 16.6. The smallest absolute Gasteiger partial charge is 0.261 e. The third kappa shape index (κ3) is 2.88. The maximum absolute atomic E-state index is 13.5. The molecule has 3 N–H and O–H groups in total. The molecular formula is C17H15FN2O3. The van der Waals surface area contributed by atoms with Crippen molar-refractivity contribution in [1.82, 2.24) is 5.32 Å². The first-order valence-corrected chi connectivity index (χ1v) is 7.08. The number of rotatable bonds is 3. The number of benzene rings is 2. The average Bonchev–Trinajstić information content (AvgIpc) is 2.85. The number of nitrogens with two attached hydrogens (primary N) is 1. The maximum Gasteiger partial charge on any atom is 0.261 e. The normalized spacial score (nSPS) is 18.9. The van der Waals surface area contributed by atoms with Gasteiger partial charge in [0.15, 0.2) is 0 Å². The van der Waals surface area contributed by atoms with Crippen LogP contribution in [0.2, 0.25) is 0 Å². The molecule has 1 aliphatic rings. The molecule has 3 rings (SSSR count). The number of halogens is 1. The molecule has 2 aromatic carbocycles. The highest BCUT2D eigenvalue weighted by Crippen LogP contribution is 2.37. The topological polar surface area (TPSA) is 81.4 Å². The van der Waals surface area contributed by atoms with Crippen molar-refractivity contribution < 1.29 is 18.7 Å². The summed E-state index contributed by atoms with van der Waals surface area (Å²) in [7, 11) is 0. The molecule has 118 valence electrons. The van der Waals surface area contributed by atoms with Gasteiger partial charge in [0.05, 0.1) is 0 Å². The molecule has 0 aliphatic carbocycles. The zero-order valence-corrected chi connectivity index (χ0v) is 12.4. The first-order chi connectivity index (χ1) is 11.0. The van der Waals surface area contributed by atoms with Crippen LogP contribution in [0.25, 0.3) is 0 Å². The standard InChI is InChI=1S/C17H15FN2O3/c1-9-3-2-4-10(7-9)17(22)20-14-12-8-11(18)5-6-13(12)23-15(14)16(19)21/h2-8,14-15H,1H3,(H2,19,21)(H,20,22). The van der Waals surface area contributed by atoms with Crippen LogP contribution in [-0.4, -0.2) is 17.9 Å². The van der Waals surface area contributed by atoms with E-state index in [-0.39, 0.29) is 5.91 Å². The minimum atomic E-state index is -1.07. The monoisotopic (exact) mass is 314 g/mol. The Bertz CT molecular complexity index is 791. The number of carbonyl (C=O) groups is 2. The Balaban J connectivity index is 1.92. The summed E-state index contributed by atoms with van der Waals surface area (Å²) in [6.07, 6.45) is -1.07. The molecular weight excluding hydrogens is 299 g/mol. The minimum Gasteiger partial charge on any atom is -0.478 e. The Morgan fingerprint density at radius 2 is 2.00 bits per heavy atom. The summed E-state index contributed by atoms with van der Waals surface area (Å²) in [6.45, 7) is 1.87. The van der Waals surface area contributed by atoms with E-state index in [1.807, 2.05) is 13.0 Å². The molecule has 2 unspecified atom stereocenters. The highest BCUT2D eigenvalue weighted by atomic mass is 19.1. The first-order valence-electron chi connectivity index (χ1n) is 7.08. The number of hydrogen-bond acceptors (Lipinski definition) is 3. The van der Waals surface area contributed by atoms with Crippen LogP contribution in [0.1, 0.15) is 27.5 Å². The number of aryl methyl sites for hydroxylation is 1. The molecule has 6 heteroatoms. The van der Waals surface area contributed by atoms with Gasteiger partial charge in [-0.05, 0) is 37.3 Å². The molecule has 1 aliphatic heterocycles. The SMILES string of the molecule is Cc1cccc(C(=O)NC2c3cc(F)ccc3OC2C(N)=O)c1. The van der Waals surface area contributed by atoms with Crippen molar-refractivity contribution in [3.05, 3.63) is 65.0 Å². The lowest BCUT2D eigenvalue weighted by Gasteiger charge is -2.18. The van der Waals surface area contributed by atoms with Crippen LogP contribution < -0.4 is 15.8 Å². The first kappa shape index (κ1) is 15.0. The van der Waals surface area contributed by atoms with Gasteiger partial charge in [0.1, 0.15) is 17.6 Å². The summed E-state index contributed by atoms with van der Waals surface area (Å²) in [5, 5.41) is 2.71. The van der Waals surface area contributed by atoms with Crippen molar-refractivity contribution in [2.24, 2.45) is 5.73 Å². The number of fused-ring (bicyclic) bond motifs is 1. The highest BCUT2D eigenvalue weighted by molar-refractivity contribution is 5.95. The van der Waals surface area contributed by atoms with Crippen molar-refractivity contribution in [3.63, 3.8) is 0 Å². The van der Waals surface area contributed by atoms with Gasteiger partial charge in [0, 0.05) is 11.1 Å². The summed E-state index contributed by atoms with van der Waals surface area (Å²) in [4.78, 5) is 24.0. The molecule has 0 radical (unpaired) electrons. The van der Waals surface area contributed by atoms with E-state index >= 15 is 0 Å². The number of nitrogens with one attached hydrogen (secondary N) is 1. The van der Waals surface area contributed by atoms with Crippen LogP contribution in [0.4, 0.5) is 4.39 Å². The summed E-state index contributed by atoms with van der Waals surface area (Å²) in [5.74, 6) is -1.25. The van der Waals surface area contributed by atoms with Crippen LogP contribution in [0, 0.1) is 12.7 Å². The maximum atomic E-state index is 13.5. The predicted octanol–water partition coefficient (Wildman–Crippen LogP) is 1.85. The van der Waals surface area contributed by atoms with E-state index in [4.69, 9.17) is 10.5 Å². The van der Waals surface area contributed by atoms with Gasteiger partial charge in [-0.15, -0.1) is 0 Å². The second-order valence-electron chi connectivity index (χ2n) is 5.44. The van der Waals surface area contributed by atoms with Crippen LogP contribution >= 0.6 is 0 Å². The van der Waals surface area contributed by atoms with E-state index in [0.717, 1.165) is 5.56 Å². The lowest BCUT2D eigenvalue weighted by Crippen LogP contribution is -2.43. The fourth-order valence-electron chi connectivity index (χ4n) is 2.62. The molecule has 0 bridgehead atoms. The Kier molecular flexibility index (Phi) is 3.73. The molecule has 0 fully saturated rings. The fraction of sp³-hybridized carbons (Fsp3) is 0.176. The van der Waals surface area contributed by atoms with Crippen molar-refractivity contribution in [1.29, 1.82) is 0 Å². The fourth-order valence-corrected chi connectivity index (χ4v) is 2.62. The second kappa shape index (κ2) is 5.72. The second-order valence-corrected chi connectivity index (χ2v) is 5.44. The average molecular weight is 314 g/mol. The van der Waals surface area contributed by atoms with E-state index < -0.39 is 23.9 Å². The Labute approximate surface area is 132 Å². The van der Waals surface area contributed by atoms with Gasteiger partial charge in [0.25, 0.3) is 11.8 Å². The minimum absolute atomic E-state index is 0.338. The third-order valence-corrected chi connectivity index (χ3v) is 3.71. The third-order valence-electron chi connectivity index (χ3n) is 3.71. The molecule has 23 heavy (non-hydrogen) atoms. The van der Waals surface area contributed by atoms with Crippen LogP contribution in [-0.2, 0) is 4.79 Å². The molecule has 2 aromatic rings. The lowest BCUT2D eigenvalue weighted by molar-refractivity contribution is -0.124. The van der Waals surface area contributed by atoms with Gasteiger partial charge in [0.2, 0.25) is 6.10 Å². The molecule has 5 nitrogen and oxygen atoms in total. The van der Waals surface area contributed by atoms with Crippen molar-refractivity contribution in [3.8, 4) is 5.75 Å². The van der Waals surface area contributed by atoms with Crippen molar-refractivity contribution >= 4 is 11.8 Å². The summed E-state index contributed by atoms with van der Waals surface area (Å²) < 4.78 is 18.9. The molecule has 1 heterocycles. The highest BCUT2D eigenvalue weighted by Gasteiger charge is 2.39. The Morgan fingerprint density at radius 3 is 2.70 bits per heavy atom. The van der Waals surface area contributed by atoms with Gasteiger partial charge in [-0.1, -0.05) is 17.7 Å². The van der Waals surface area contributed by atoms with E-state index in [2.05, 4.69) is 5.32 Å². The van der Waals surface area contributed by atoms with Gasteiger partial charge in [-0.25, -0.2) is 4.39 Å².